The van der Waals surface area contributed by atoms with E-state index < -0.39 is 0 Å². The largest absolute Gasteiger partial charge is 0.374 e. The summed E-state index contributed by atoms with van der Waals surface area (Å²) >= 11 is 0. The molecule has 1 fully saturated rings. The summed E-state index contributed by atoms with van der Waals surface area (Å²) in [6.07, 6.45) is 1.99. The predicted molar refractivity (Wildman–Crippen MR) is 83.2 cm³/mol. The van der Waals surface area contributed by atoms with Crippen LogP contribution in [-0.2, 0) is 4.74 Å². The minimum Gasteiger partial charge on any atom is -0.374 e. The molecule has 1 atom stereocenters. The molecule has 0 spiro atoms. The van der Waals surface area contributed by atoms with Crippen molar-refractivity contribution >= 4 is 5.82 Å². The molecule has 0 radical (unpaired) electrons. The van der Waals surface area contributed by atoms with Gasteiger partial charge in [-0.2, -0.15) is 0 Å². The fourth-order valence-electron chi connectivity index (χ4n) is 2.39. The monoisotopic (exact) mass is 284 g/mol. The quantitative estimate of drug-likeness (QED) is 0.929. The highest BCUT2D eigenvalue weighted by atomic mass is 16.5. The number of nitrogens with zero attached hydrogens (tertiary/aromatic N) is 3. The summed E-state index contributed by atoms with van der Waals surface area (Å²) < 4.78 is 5.74. The van der Waals surface area contributed by atoms with Gasteiger partial charge in [0.1, 0.15) is 5.82 Å². The Hall–Kier alpha value is -1.98. The van der Waals surface area contributed by atoms with E-state index in [2.05, 4.69) is 27.2 Å². The normalized spacial score (nSPS) is 19.4. The van der Waals surface area contributed by atoms with Gasteiger partial charge in [0.2, 0.25) is 0 Å². The Balaban J connectivity index is 1.64. The number of ether oxygens (including phenoxy) is 1. The highest BCUT2D eigenvalue weighted by molar-refractivity contribution is 5.56. The van der Waals surface area contributed by atoms with Crippen molar-refractivity contribution in [3.05, 3.63) is 42.6 Å². The van der Waals surface area contributed by atoms with Crippen LogP contribution in [0, 0.1) is 0 Å². The molecule has 1 aromatic carbocycles. The van der Waals surface area contributed by atoms with Crippen molar-refractivity contribution in [3.63, 3.8) is 0 Å². The standard InChI is InChI=1S/C16H20N4O/c1-20-9-10-21-14(12-20)11-18-15-7-8-17-16(19-15)13-5-3-2-4-6-13/h2-8,14H,9-12H2,1H3,(H,17,18,19)/t14-/m1/s1. The number of aromatic nitrogens is 2. The van der Waals surface area contributed by atoms with Gasteiger partial charge in [-0.05, 0) is 13.1 Å². The summed E-state index contributed by atoms with van der Waals surface area (Å²) in [4.78, 5) is 11.2. The third kappa shape index (κ3) is 3.77. The third-order valence-corrected chi connectivity index (χ3v) is 3.54. The van der Waals surface area contributed by atoms with Crippen LogP contribution in [0.5, 0.6) is 0 Å². The molecule has 2 aromatic rings. The Morgan fingerprint density at radius 3 is 2.95 bits per heavy atom. The molecule has 1 N–H and O–H groups in total. The van der Waals surface area contributed by atoms with Gasteiger partial charge in [-0.3, -0.25) is 0 Å². The lowest BCUT2D eigenvalue weighted by atomic mass is 10.2. The smallest absolute Gasteiger partial charge is 0.161 e. The van der Waals surface area contributed by atoms with Crippen LogP contribution in [0.4, 0.5) is 5.82 Å². The van der Waals surface area contributed by atoms with Gasteiger partial charge in [0, 0.05) is 31.4 Å². The van der Waals surface area contributed by atoms with Crippen LogP contribution in [0.3, 0.4) is 0 Å². The Labute approximate surface area is 125 Å². The van der Waals surface area contributed by atoms with Crippen LogP contribution in [0.2, 0.25) is 0 Å². The number of nitrogens with one attached hydrogen (secondary N) is 1. The summed E-state index contributed by atoms with van der Waals surface area (Å²) in [7, 11) is 2.12. The van der Waals surface area contributed by atoms with Gasteiger partial charge < -0.3 is 15.0 Å². The first-order valence-corrected chi connectivity index (χ1v) is 7.24. The summed E-state index contributed by atoms with van der Waals surface area (Å²) in [6, 6.07) is 11.9. The zero-order valence-electron chi connectivity index (χ0n) is 12.2. The van der Waals surface area contributed by atoms with Gasteiger partial charge >= 0.3 is 0 Å². The van der Waals surface area contributed by atoms with Crippen LogP contribution < -0.4 is 5.32 Å². The average molecular weight is 284 g/mol. The molecule has 0 saturated carbocycles. The van der Waals surface area contributed by atoms with Crippen LogP contribution in [0.25, 0.3) is 11.4 Å². The summed E-state index contributed by atoms with van der Waals surface area (Å²) in [6.45, 7) is 3.50. The maximum Gasteiger partial charge on any atom is 0.161 e. The second-order valence-corrected chi connectivity index (χ2v) is 5.27. The highest BCUT2D eigenvalue weighted by Gasteiger charge is 2.17. The molecule has 5 heteroatoms. The van der Waals surface area contributed by atoms with Crippen molar-refractivity contribution in [3.8, 4) is 11.4 Å². The van der Waals surface area contributed by atoms with Gasteiger partial charge in [-0.1, -0.05) is 30.3 Å². The second-order valence-electron chi connectivity index (χ2n) is 5.27. The predicted octanol–water partition coefficient (Wildman–Crippen LogP) is 1.89. The molecule has 1 saturated heterocycles. The zero-order valence-corrected chi connectivity index (χ0v) is 12.2. The van der Waals surface area contributed by atoms with E-state index >= 15 is 0 Å². The number of morpholine rings is 1. The maximum absolute atomic E-state index is 5.74. The topological polar surface area (TPSA) is 50.3 Å². The second kappa shape index (κ2) is 6.65. The van der Waals surface area contributed by atoms with E-state index in [1.807, 2.05) is 36.4 Å². The SMILES string of the molecule is CN1CCO[C@H](CNc2ccnc(-c3ccccc3)n2)C1. The Kier molecular flexibility index (Phi) is 4.43. The van der Waals surface area contributed by atoms with E-state index in [0.717, 1.165) is 43.4 Å². The number of anilines is 1. The highest BCUT2D eigenvalue weighted by Crippen LogP contribution is 2.15. The van der Waals surface area contributed by atoms with Gasteiger partial charge in [0.15, 0.2) is 5.82 Å². The van der Waals surface area contributed by atoms with Crippen molar-refractivity contribution in [1.82, 2.24) is 14.9 Å². The number of likely N-dealkylation sites (N-methyl/N-ethyl adjacent to an activating group) is 1. The first-order valence-electron chi connectivity index (χ1n) is 7.24. The Bertz CT molecular complexity index is 575. The lowest BCUT2D eigenvalue weighted by Crippen LogP contribution is -2.43. The molecule has 0 unspecified atom stereocenters. The molecule has 0 bridgehead atoms. The molecule has 1 aromatic heterocycles. The number of rotatable bonds is 4. The Morgan fingerprint density at radius 2 is 2.14 bits per heavy atom. The van der Waals surface area contributed by atoms with E-state index in [4.69, 9.17) is 4.74 Å². The van der Waals surface area contributed by atoms with Gasteiger partial charge in [-0.25, -0.2) is 9.97 Å². The van der Waals surface area contributed by atoms with E-state index in [-0.39, 0.29) is 6.10 Å². The average Bonchev–Trinajstić information content (AvgIpc) is 2.54. The summed E-state index contributed by atoms with van der Waals surface area (Å²) in [5.41, 5.74) is 1.02. The van der Waals surface area contributed by atoms with Crippen molar-refractivity contribution in [2.45, 2.75) is 6.10 Å². The van der Waals surface area contributed by atoms with Crippen LogP contribution >= 0.6 is 0 Å². The minimum absolute atomic E-state index is 0.207. The van der Waals surface area contributed by atoms with Crippen molar-refractivity contribution in [1.29, 1.82) is 0 Å². The van der Waals surface area contributed by atoms with Crippen LogP contribution in [-0.4, -0.2) is 54.3 Å². The van der Waals surface area contributed by atoms with Gasteiger partial charge in [0.05, 0.1) is 12.7 Å². The van der Waals surface area contributed by atoms with E-state index in [1.165, 1.54) is 0 Å². The molecule has 2 heterocycles. The van der Waals surface area contributed by atoms with Gasteiger partial charge in [0.25, 0.3) is 0 Å². The molecule has 110 valence electrons. The zero-order chi connectivity index (χ0) is 14.5. The number of hydrogen-bond donors (Lipinski definition) is 1. The number of benzene rings is 1. The molecule has 1 aliphatic heterocycles. The molecule has 5 nitrogen and oxygen atoms in total. The fourth-order valence-corrected chi connectivity index (χ4v) is 2.39. The molecule has 21 heavy (non-hydrogen) atoms. The summed E-state index contributed by atoms with van der Waals surface area (Å²) in [5.74, 6) is 1.57. The van der Waals surface area contributed by atoms with Crippen LogP contribution in [0.1, 0.15) is 0 Å². The molecule has 1 aliphatic rings. The van der Waals surface area contributed by atoms with Crippen molar-refractivity contribution < 1.29 is 4.74 Å². The molecule has 0 aliphatic carbocycles. The molecular formula is C16H20N4O. The molecular weight excluding hydrogens is 264 g/mol. The first kappa shape index (κ1) is 14.0. The van der Waals surface area contributed by atoms with Crippen molar-refractivity contribution in [2.24, 2.45) is 0 Å². The first-order chi connectivity index (χ1) is 10.3. The van der Waals surface area contributed by atoms with E-state index in [0.29, 0.717) is 0 Å². The van der Waals surface area contributed by atoms with Crippen LogP contribution in [0.15, 0.2) is 42.6 Å². The lowest BCUT2D eigenvalue weighted by Gasteiger charge is -2.30. The minimum atomic E-state index is 0.207. The molecule has 0 amide bonds. The fraction of sp³-hybridized carbons (Fsp3) is 0.375. The molecule has 3 rings (SSSR count). The lowest BCUT2D eigenvalue weighted by molar-refractivity contribution is -0.0117. The Morgan fingerprint density at radius 1 is 1.29 bits per heavy atom. The van der Waals surface area contributed by atoms with Gasteiger partial charge in [-0.15, -0.1) is 0 Å². The van der Waals surface area contributed by atoms with E-state index in [1.54, 1.807) is 6.20 Å². The summed E-state index contributed by atoms with van der Waals surface area (Å²) in [5, 5.41) is 3.34. The maximum atomic E-state index is 5.74. The third-order valence-electron chi connectivity index (χ3n) is 3.54. The number of hydrogen-bond acceptors (Lipinski definition) is 5. The van der Waals surface area contributed by atoms with Crippen molar-refractivity contribution in [2.75, 3.05) is 38.6 Å². The van der Waals surface area contributed by atoms with E-state index in [9.17, 15) is 0 Å².